The summed E-state index contributed by atoms with van der Waals surface area (Å²) in [6, 6.07) is 0.276. The highest BCUT2D eigenvalue weighted by Gasteiger charge is 2.41. The molecule has 6 heteroatoms. The van der Waals surface area contributed by atoms with E-state index in [4.69, 9.17) is 19.9 Å². The summed E-state index contributed by atoms with van der Waals surface area (Å²) in [6.07, 6.45) is 3.31. The highest BCUT2D eigenvalue weighted by molar-refractivity contribution is 5.80. The summed E-state index contributed by atoms with van der Waals surface area (Å²) < 4.78 is 15.2. The first-order valence-electron chi connectivity index (χ1n) is 7.16. The SMILES string of the molecule is COCCN(CCOC)C1CCCC(N)(C(=O)OC)C1. The minimum Gasteiger partial charge on any atom is -0.468 e. The van der Waals surface area contributed by atoms with Gasteiger partial charge < -0.3 is 19.9 Å². The zero-order valence-corrected chi connectivity index (χ0v) is 12.9. The predicted molar refractivity (Wildman–Crippen MR) is 76.5 cm³/mol. The number of nitrogens with zero attached hydrogens (tertiary/aromatic N) is 1. The molecule has 1 saturated carbocycles. The van der Waals surface area contributed by atoms with E-state index < -0.39 is 5.54 Å². The van der Waals surface area contributed by atoms with E-state index in [0.29, 0.717) is 26.1 Å². The molecule has 2 N–H and O–H groups in total. The number of nitrogens with two attached hydrogens (primary N) is 1. The monoisotopic (exact) mass is 288 g/mol. The van der Waals surface area contributed by atoms with Crippen LogP contribution < -0.4 is 5.73 Å². The molecular formula is C14H28N2O4. The maximum atomic E-state index is 11.9. The molecule has 0 spiro atoms. The van der Waals surface area contributed by atoms with E-state index in [-0.39, 0.29) is 12.0 Å². The number of hydrogen-bond donors (Lipinski definition) is 1. The average molecular weight is 288 g/mol. The smallest absolute Gasteiger partial charge is 0.325 e. The normalized spacial score (nSPS) is 26.8. The molecule has 0 saturated heterocycles. The molecule has 6 nitrogen and oxygen atoms in total. The van der Waals surface area contributed by atoms with Crippen molar-refractivity contribution in [2.45, 2.75) is 37.3 Å². The van der Waals surface area contributed by atoms with Crippen molar-refractivity contribution in [2.75, 3.05) is 47.6 Å². The van der Waals surface area contributed by atoms with Gasteiger partial charge in [-0.2, -0.15) is 0 Å². The van der Waals surface area contributed by atoms with Crippen LogP contribution in [-0.4, -0.2) is 70.1 Å². The van der Waals surface area contributed by atoms with Crippen molar-refractivity contribution in [3.63, 3.8) is 0 Å². The van der Waals surface area contributed by atoms with Gasteiger partial charge in [0.2, 0.25) is 0 Å². The molecule has 0 bridgehead atoms. The van der Waals surface area contributed by atoms with E-state index >= 15 is 0 Å². The van der Waals surface area contributed by atoms with Crippen LogP contribution in [0.1, 0.15) is 25.7 Å². The third-order valence-corrected chi connectivity index (χ3v) is 4.03. The van der Waals surface area contributed by atoms with Crippen molar-refractivity contribution in [3.05, 3.63) is 0 Å². The number of carbonyl (C=O) groups is 1. The Kier molecular flexibility index (Phi) is 7.43. The fraction of sp³-hybridized carbons (Fsp3) is 0.929. The first-order chi connectivity index (χ1) is 9.57. The second-order valence-corrected chi connectivity index (χ2v) is 5.42. The number of carbonyl (C=O) groups excluding carboxylic acids is 1. The molecule has 1 rings (SSSR count). The molecule has 1 aliphatic rings. The van der Waals surface area contributed by atoms with Gasteiger partial charge in [-0.25, -0.2) is 0 Å². The van der Waals surface area contributed by atoms with Gasteiger partial charge in [0.25, 0.3) is 0 Å². The summed E-state index contributed by atoms with van der Waals surface area (Å²) in [5.74, 6) is -0.305. The summed E-state index contributed by atoms with van der Waals surface area (Å²) in [4.78, 5) is 14.2. The third-order valence-electron chi connectivity index (χ3n) is 4.03. The lowest BCUT2D eigenvalue weighted by atomic mass is 9.79. The van der Waals surface area contributed by atoms with Gasteiger partial charge in [-0.3, -0.25) is 9.69 Å². The summed E-state index contributed by atoms with van der Waals surface area (Å²) in [6.45, 7) is 2.97. The molecule has 0 radical (unpaired) electrons. The van der Waals surface area contributed by atoms with Gasteiger partial charge in [-0.05, 0) is 25.7 Å². The van der Waals surface area contributed by atoms with E-state index in [1.54, 1.807) is 14.2 Å². The number of methoxy groups -OCH3 is 3. The molecular weight excluding hydrogens is 260 g/mol. The fourth-order valence-corrected chi connectivity index (χ4v) is 2.87. The zero-order valence-electron chi connectivity index (χ0n) is 12.9. The lowest BCUT2D eigenvalue weighted by Crippen LogP contribution is -2.56. The van der Waals surface area contributed by atoms with Crippen molar-refractivity contribution < 1.29 is 19.0 Å². The summed E-state index contributed by atoms with van der Waals surface area (Å²) in [5.41, 5.74) is 5.38. The van der Waals surface area contributed by atoms with Crippen LogP contribution in [0.15, 0.2) is 0 Å². The van der Waals surface area contributed by atoms with Crippen LogP contribution in [0, 0.1) is 0 Å². The summed E-state index contributed by atoms with van der Waals surface area (Å²) in [5, 5.41) is 0. The number of esters is 1. The molecule has 2 atom stereocenters. The standard InChI is InChI=1S/C14H28N2O4/c1-18-9-7-16(8-10-19-2)12-5-4-6-14(15,11-12)13(17)20-3/h12H,4-11,15H2,1-3H3. The molecule has 118 valence electrons. The Morgan fingerprint density at radius 2 is 1.85 bits per heavy atom. The van der Waals surface area contributed by atoms with Crippen LogP contribution in [0.3, 0.4) is 0 Å². The number of hydrogen-bond acceptors (Lipinski definition) is 6. The first kappa shape index (κ1) is 17.4. The molecule has 1 fully saturated rings. The minimum atomic E-state index is -0.851. The highest BCUT2D eigenvalue weighted by atomic mass is 16.5. The van der Waals surface area contributed by atoms with E-state index in [1.165, 1.54) is 7.11 Å². The van der Waals surface area contributed by atoms with E-state index in [0.717, 1.165) is 25.9 Å². The van der Waals surface area contributed by atoms with Gasteiger partial charge in [0.05, 0.1) is 20.3 Å². The molecule has 0 aromatic carbocycles. The molecule has 2 unspecified atom stereocenters. The van der Waals surface area contributed by atoms with Crippen molar-refractivity contribution in [2.24, 2.45) is 5.73 Å². The van der Waals surface area contributed by atoms with Crippen LogP contribution in [-0.2, 0) is 19.0 Å². The van der Waals surface area contributed by atoms with Gasteiger partial charge >= 0.3 is 5.97 Å². The molecule has 20 heavy (non-hydrogen) atoms. The molecule has 0 aromatic rings. The van der Waals surface area contributed by atoms with Crippen LogP contribution in [0.2, 0.25) is 0 Å². The predicted octanol–water partition coefficient (Wildman–Crippen LogP) is 0.394. The van der Waals surface area contributed by atoms with Crippen molar-refractivity contribution >= 4 is 5.97 Å². The van der Waals surface area contributed by atoms with Gasteiger partial charge in [0, 0.05) is 33.4 Å². The van der Waals surface area contributed by atoms with E-state index in [2.05, 4.69) is 4.90 Å². The molecule has 0 amide bonds. The van der Waals surface area contributed by atoms with Gasteiger partial charge in [0.1, 0.15) is 5.54 Å². The average Bonchev–Trinajstić information content (AvgIpc) is 2.46. The quantitative estimate of drug-likeness (QED) is 0.652. The summed E-state index contributed by atoms with van der Waals surface area (Å²) >= 11 is 0. The molecule has 0 aliphatic heterocycles. The Morgan fingerprint density at radius 3 is 2.35 bits per heavy atom. The van der Waals surface area contributed by atoms with Gasteiger partial charge in [-0.1, -0.05) is 0 Å². The summed E-state index contributed by atoms with van der Waals surface area (Å²) in [7, 11) is 4.78. The maximum Gasteiger partial charge on any atom is 0.325 e. The Hall–Kier alpha value is -0.690. The topological polar surface area (TPSA) is 74.0 Å². The number of ether oxygens (including phenoxy) is 3. The van der Waals surface area contributed by atoms with Crippen molar-refractivity contribution in [1.29, 1.82) is 0 Å². The van der Waals surface area contributed by atoms with Gasteiger partial charge in [-0.15, -0.1) is 0 Å². The molecule has 0 heterocycles. The Bertz CT molecular complexity index is 293. The maximum absolute atomic E-state index is 11.9. The lowest BCUT2D eigenvalue weighted by Gasteiger charge is -2.41. The lowest BCUT2D eigenvalue weighted by molar-refractivity contribution is -0.149. The van der Waals surface area contributed by atoms with Crippen LogP contribution in [0.4, 0.5) is 0 Å². The van der Waals surface area contributed by atoms with Crippen LogP contribution >= 0.6 is 0 Å². The van der Waals surface area contributed by atoms with Crippen LogP contribution in [0.25, 0.3) is 0 Å². The first-order valence-corrected chi connectivity index (χ1v) is 7.16. The molecule has 0 aromatic heterocycles. The molecule has 1 aliphatic carbocycles. The second kappa shape index (κ2) is 8.56. The minimum absolute atomic E-state index is 0.276. The van der Waals surface area contributed by atoms with Crippen LogP contribution in [0.5, 0.6) is 0 Å². The van der Waals surface area contributed by atoms with E-state index in [1.807, 2.05) is 0 Å². The Balaban J connectivity index is 2.66. The van der Waals surface area contributed by atoms with Crippen molar-refractivity contribution in [3.8, 4) is 0 Å². The van der Waals surface area contributed by atoms with Gasteiger partial charge in [0.15, 0.2) is 0 Å². The largest absolute Gasteiger partial charge is 0.468 e. The fourth-order valence-electron chi connectivity index (χ4n) is 2.87. The second-order valence-electron chi connectivity index (χ2n) is 5.42. The van der Waals surface area contributed by atoms with Crippen molar-refractivity contribution in [1.82, 2.24) is 4.90 Å². The highest BCUT2D eigenvalue weighted by Crippen LogP contribution is 2.30. The Morgan fingerprint density at radius 1 is 1.25 bits per heavy atom. The Labute approximate surface area is 121 Å². The zero-order chi connectivity index (χ0) is 15.0. The third kappa shape index (κ3) is 4.70. The van der Waals surface area contributed by atoms with E-state index in [9.17, 15) is 4.79 Å². The number of rotatable bonds is 8.